The molecule has 6 nitrogen and oxygen atoms in total. The van der Waals surface area contributed by atoms with Crippen molar-refractivity contribution in [2.24, 2.45) is 0 Å². The van der Waals surface area contributed by atoms with Crippen LogP contribution in [0.15, 0.2) is 78.0 Å². The van der Waals surface area contributed by atoms with Crippen LogP contribution in [0.4, 0.5) is 11.4 Å². The van der Waals surface area contributed by atoms with Gasteiger partial charge < -0.3 is 24.8 Å². The van der Waals surface area contributed by atoms with Crippen molar-refractivity contribution < 1.29 is 19.0 Å². The lowest BCUT2D eigenvalue weighted by molar-refractivity contribution is -0.116. The zero-order valence-corrected chi connectivity index (χ0v) is 19.6. The molecule has 3 aromatic carbocycles. The Balaban J connectivity index is 1.64. The fraction of sp³-hybridized carbons (Fsp3) is 0.250. The van der Waals surface area contributed by atoms with Crippen LogP contribution in [-0.2, 0) is 4.79 Å². The molecule has 2 unspecified atom stereocenters. The molecule has 1 aliphatic heterocycles. The van der Waals surface area contributed by atoms with Crippen molar-refractivity contribution in [3.05, 3.63) is 89.1 Å². The van der Waals surface area contributed by atoms with Crippen LogP contribution >= 0.6 is 0 Å². The fourth-order valence-corrected chi connectivity index (χ4v) is 5.00. The molecule has 0 fully saturated rings. The highest BCUT2D eigenvalue weighted by atomic mass is 16.5. The van der Waals surface area contributed by atoms with Crippen molar-refractivity contribution in [1.29, 1.82) is 0 Å². The molecule has 174 valence electrons. The van der Waals surface area contributed by atoms with Crippen molar-refractivity contribution in [3.63, 3.8) is 0 Å². The first-order valence-electron chi connectivity index (χ1n) is 11.4. The Labute approximate surface area is 199 Å². The van der Waals surface area contributed by atoms with E-state index in [1.165, 1.54) is 0 Å². The molecule has 1 aliphatic carbocycles. The van der Waals surface area contributed by atoms with Gasteiger partial charge in [0.15, 0.2) is 17.3 Å². The van der Waals surface area contributed by atoms with Gasteiger partial charge >= 0.3 is 0 Å². The first-order valence-corrected chi connectivity index (χ1v) is 11.4. The number of anilines is 2. The SMILES string of the molecule is COc1cccc(C2CC(=O)C3=C(C2)Nc2ccccc2NC3c2cccc(OC)c2OC)c1. The summed E-state index contributed by atoms with van der Waals surface area (Å²) >= 11 is 0. The predicted molar refractivity (Wildman–Crippen MR) is 133 cm³/mol. The molecular formula is C28H28N2O4. The number of fused-ring (bicyclic) bond motifs is 1. The molecule has 2 N–H and O–H groups in total. The summed E-state index contributed by atoms with van der Waals surface area (Å²) in [6.45, 7) is 0. The second kappa shape index (κ2) is 9.14. The van der Waals surface area contributed by atoms with Crippen molar-refractivity contribution >= 4 is 17.2 Å². The van der Waals surface area contributed by atoms with Crippen LogP contribution in [0.5, 0.6) is 17.2 Å². The highest BCUT2D eigenvalue weighted by Crippen LogP contribution is 2.47. The van der Waals surface area contributed by atoms with Gasteiger partial charge in [0.25, 0.3) is 0 Å². The maximum atomic E-state index is 13.8. The number of rotatable bonds is 5. The zero-order valence-electron chi connectivity index (χ0n) is 19.6. The Hall–Kier alpha value is -3.93. The first kappa shape index (κ1) is 21.9. The first-order chi connectivity index (χ1) is 16.6. The van der Waals surface area contributed by atoms with E-state index >= 15 is 0 Å². The quantitative estimate of drug-likeness (QED) is 0.514. The maximum absolute atomic E-state index is 13.8. The summed E-state index contributed by atoms with van der Waals surface area (Å²) in [5.74, 6) is 2.22. The molecule has 0 spiro atoms. The molecule has 0 amide bonds. The second-order valence-electron chi connectivity index (χ2n) is 8.53. The summed E-state index contributed by atoms with van der Waals surface area (Å²) in [6, 6.07) is 21.4. The number of ketones is 1. The number of benzene rings is 3. The van der Waals surface area contributed by atoms with Crippen LogP contribution in [0.1, 0.15) is 35.9 Å². The van der Waals surface area contributed by atoms with Crippen LogP contribution in [-0.4, -0.2) is 27.1 Å². The minimum Gasteiger partial charge on any atom is -0.497 e. The van der Waals surface area contributed by atoms with E-state index in [-0.39, 0.29) is 17.7 Å². The van der Waals surface area contributed by atoms with Crippen molar-refractivity contribution in [2.75, 3.05) is 32.0 Å². The summed E-state index contributed by atoms with van der Waals surface area (Å²) in [7, 11) is 4.91. The van der Waals surface area contributed by atoms with Gasteiger partial charge in [0.2, 0.25) is 0 Å². The van der Waals surface area contributed by atoms with Gasteiger partial charge in [-0.2, -0.15) is 0 Å². The number of methoxy groups -OCH3 is 3. The number of hydrogen-bond donors (Lipinski definition) is 2. The number of allylic oxidation sites excluding steroid dienone is 1. The van der Waals surface area contributed by atoms with Gasteiger partial charge in [-0.25, -0.2) is 0 Å². The average molecular weight is 457 g/mol. The zero-order chi connectivity index (χ0) is 23.7. The van der Waals surface area contributed by atoms with Crippen LogP contribution in [0.25, 0.3) is 0 Å². The van der Waals surface area contributed by atoms with E-state index in [0.29, 0.717) is 24.3 Å². The summed E-state index contributed by atoms with van der Waals surface area (Å²) in [6.07, 6.45) is 1.14. The number of carbonyl (C=O) groups is 1. The van der Waals surface area contributed by atoms with Gasteiger partial charge in [-0.1, -0.05) is 36.4 Å². The summed E-state index contributed by atoms with van der Waals surface area (Å²) in [5, 5.41) is 7.19. The lowest BCUT2D eigenvalue weighted by atomic mass is 9.78. The molecule has 2 aliphatic rings. The van der Waals surface area contributed by atoms with Crippen LogP contribution in [0, 0.1) is 0 Å². The maximum Gasteiger partial charge on any atom is 0.166 e. The minimum atomic E-state index is -0.380. The lowest BCUT2D eigenvalue weighted by Gasteiger charge is -2.30. The van der Waals surface area contributed by atoms with Crippen LogP contribution in [0.3, 0.4) is 0 Å². The Morgan fingerprint density at radius 2 is 1.62 bits per heavy atom. The fourth-order valence-electron chi connectivity index (χ4n) is 5.00. The number of para-hydroxylation sites is 3. The van der Waals surface area contributed by atoms with Gasteiger partial charge in [0.1, 0.15) is 5.75 Å². The molecule has 3 aromatic rings. The van der Waals surface area contributed by atoms with Gasteiger partial charge in [-0.05, 0) is 48.2 Å². The van der Waals surface area contributed by atoms with Gasteiger partial charge in [0.05, 0.1) is 38.7 Å². The minimum absolute atomic E-state index is 0.0620. The monoisotopic (exact) mass is 456 g/mol. The molecule has 6 heteroatoms. The Morgan fingerprint density at radius 1 is 0.824 bits per heavy atom. The van der Waals surface area contributed by atoms with Crippen molar-refractivity contribution in [2.45, 2.75) is 24.8 Å². The van der Waals surface area contributed by atoms with E-state index in [1.807, 2.05) is 60.7 Å². The molecule has 0 saturated heterocycles. The van der Waals surface area contributed by atoms with Crippen molar-refractivity contribution in [3.8, 4) is 17.2 Å². The number of ether oxygens (including phenoxy) is 3. The third-order valence-electron chi connectivity index (χ3n) is 6.62. The smallest absolute Gasteiger partial charge is 0.166 e. The molecule has 5 rings (SSSR count). The van der Waals surface area contributed by atoms with E-state index < -0.39 is 0 Å². The summed E-state index contributed by atoms with van der Waals surface area (Å²) < 4.78 is 16.7. The van der Waals surface area contributed by atoms with E-state index in [1.54, 1.807) is 21.3 Å². The third kappa shape index (κ3) is 3.85. The van der Waals surface area contributed by atoms with Gasteiger partial charge in [0, 0.05) is 23.3 Å². The summed E-state index contributed by atoms with van der Waals surface area (Å²) in [5.41, 5.74) is 5.50. The van der Waals surface area contributed by atoms with E-state index in [2.05, 4.69) is 16.7 Å². The van der Waals surface area contributed by atoms with Crippen LogP contribution < -0.4 is 24.8 Å². The normalized spacial score (nSPS) is 19.2. The number of nitrogens with one attached hydrogen (secondary N) is 2. The molecular weight excluding hydrogens is 428 g/mol. The number of Topliss-reactive ketones (excluding diaryl/α,β-unsaturated/α-hetero) is 1. The van der Waals surface area contributed by atoms with Gasteiger partial charge in [-0.3, -0.25) is 4.79 Å². The predicted octanol–water partition coefficient (Wildman–Crippen LogP) is 5.69. The average Bonchev–Trinajstić information content (AvgIpc) is 3.05. The van der Waals surface area contributed by atoms with E-state index in [4.69, 9.17) is 14.2 Å². The topological polar surface area (TPSA) is 68.8 Å². The molecule has 0 radical (unpaired) electrons. The van der Waals surface area contributed by atoms with E-state index in [0.717, 1.165) is 39.5 Å². The molecule has 34 heavy (non-hydrogen) atoms. The molecule has 0 saturated carbocycles. The Bertz CT molecular complexity index is 1270. The third-order valence-corrected chi connectivity index (χ3v) is 6.62. The van der Waals surface area contributed by atoms with Crippen molar-refractivity contribution in [1.82, 2.24) is 0 Å². The summed E-state index contributed by atoms with van der Waals surface area (Å²) in [4.78, 5) is 13.8. The second-order valence-corrected chi connectivity index (χ2v) is 8.53. The lowest BCUT2D eigenvalue weighted by Crippen LogP contribution is -2.27. The van der Waals surface area contributed by atoms with Crippen LogP contribution in [0.2, 0.25) is 0 Å². The highest BCUT2D eigenvalue weighted by Gasteiger charge is 2.37. The molecule has 1 heterocycles. The largest absolute Gasteiger partial charge is 0.497 e. The highest BCUT2D eigenvalue weighted by molar-refractivity contribution is 6.01. The Kier molecular flexibility index (Phi) is 5.88. The standard InChI is InChI=1S/C28H28N2O4/c1-32-19-9-6-8-17(14-19)18-15-23-26(24(31)16-18)27(30-22-12-5-4-11-21(22)29-23)20-10-7-13-25(33-2)28(20)34-3/h4-14,18,27,29-30H,15-16H2,1-3H3. The Morgan fingerprint density at radius 3 is 2.38 bits per heavy atom. The van der Waals surface area contributed by atoms with Gasteiger partial charge in [-0.15, -0.1) is 0 Å². The molecule has 2 atom stereocenters. The molecule has 0 aromatic heterocycles. The molecule has 0 bridgehead atoms. The number of hydrogen-bond acceptors (Lipinski definition) is 6. The van der Waals surface area contributed by atoms with E-state index in [9.17, 15) is 4.79 Å². The number of carbonyl (C=O) groups excluding carboxylic acids is 1.